The van der Waals surface area contributed by atoms with E-state index in [9.17, 15) is 4.39 Å². The molecule has 1 aliphatic carbocycles. The van der Waals surface area contributed by atoms with E-state index in [1.54, 1.807) is 6.07 Å². The molecule has 0 bridgehead atoms. The van der Waals surface area contributed by atoms with Gasteiger partial charge in [-0.05, 0) is 49.6 Å². The topological polar surface area (TPSA) is 18.5 Å². The van der Waals surface area contributed by atoms with Crippen molar-refractivity contribution in [2.45, 2.75) is 38.7 Å². The molecule has 0 atom stereocenters. The maximum absolute atomic E-state index is 14.7. The Balaban J connectivity index is 1.72. The Hall–Kier alpha value is -1.81. The van der Waals surface area contributed by atoms with Crippen molar-refractivity contribution in [3.8, 4) is 11.5 Å². The normalized spacial score (nSPS) is 14.5. The van der Waals surface area contributed by atoms with Crippen molar-refractivity contribution in [3.05, 3.63) is 36.1 Å². The van der Waals surface area contributed by atoms with E-state index < -0.39 is 0 Å². The van der Waals surface area contributed by atoms with Gasteiger partial charge >= 0.3 is 0 Å². The zero-order valence-electron chi connectivity index (χ0n) is 13.1. The quantitative estimate of drug-likeness (QED) is 0.523. The molecule has 2 nitrogen and oxygen atoms in total. The fourth-order valence-corrected chi connectivity index (χ4v) is 3.82. The van der Waals surface area contributed by atoms with Crippen LogP contribution in [-0.4, -0.2) is 12.7 Å². The van der Waals surface area contributed by atoms with E-state index in [-0.39, 0.29) is 5.82 Å². The molecule has 1 saturated carbocycles. The Kier molecular flexibility index (Phi) is 3.85. The van der Waals surface area contributed by atoms with Gasteiger partial charge in [-0.3, -0.25) is 0 Å². The van der Waals surface area contributed by atoms with Gasteiger partial charge < -0.3 is 9.47 Å². The predicted molar refractivity (Wildman–Crippen MR) is 93.3 cm³/mol. The Morgan fingerprint density at radius 1 is 1.17 bits per heavy atom. The first kappa shape index (κ1) is 14.8. The van der Waals surface area contributed by atoms with Gasteiger partial charge in [0.15, 0.2) is 11.6 Å². The Bertz CT molecular complexity index is 851. The van der Waals surface area contributed by atoms with E-state index >= 15 is 0 Å². The van der Waals surface area contributed by atoms with Crippen molar-refractivity contribution in [2.75, 3.05) is 6.61 Å². The third-order valence-electron chi connectivity index (χ3n) is 4.10. The maximum atomic E-state index is 14.7. The predicted octanol–water partition coefficient (Wildman–Crippen LogP) is 5.91. The minimum absolute atomic E-state index is 0.246. The van der Waals surface area contributed by atoms with Crippen LogP contribution in [0.2, 0.25) is 0 Å². The van der Waals surface area contributed by atoms with Crippen LogP contribution in [0.15, 0.2) is 30.3 Å². The third kappa shape index (κ3) is 2.88. The Labute approximate surface area is 138 Å². The number of ether oxygens (including phenoxy) is 2. The number of rotatable bonds is 6. The number of halogens is 1. The molecule has 1 aromatic heterocycles. The lowest BCUT2D eigenvalue weighted by Crippen LogP contribution is -1.98. The van der Waals surface area contributed by atoms with Gasteiger partial charge in [-0.2, -0.15) is 0 Å². The minimum atomic E-state index is -0.246. The lowest BCUT2D eigenvalue weighted by molar-refractivity contribution is 0.295. The highest BCUT2D eigenvalue weighted by molar-refractivity contribution is 7.25. The molecule has 0 aliphatic heterocycles. The van der Waals surface area contributed by atoms with Crippen LogP contribution in [0.1, 0.15) is 32.6 Å². The minimum Gasteiger partial charge on any atom is -0.490 e. The number of fused-ring (bicyclic) bond motifs is 3. The average Bonchev–Trinajstić information content (AvgIpc) is 3.28. The summed E-state index contributed by atoms with van der Waals surface area (Å²) in [6.07, 6.45) is 4.62. The molecule has 23 heavy (non-hydrogen) atoms. The molecule has 1 aliphatic rings. The van der Waals surface area contributed by atoms with Crippen molar-refractivity contribution in [3.63, 3.8) is 0 Å². The van der Waals surface area contributed by atoms with Crippen LogP contribution in [0.4, 0.5) is 4.39 Å². The second kappa shape index (κ2) is 6.00. The van der Waals surface area contributed by atoms with E-state index in [0.29, 0.717) is 23.2 Å². The summed E-state index contributed by atoms with van der Waals surface area (Å²) in [6.45, 7) is 2.65. The van der Waals surface area contributed by atoms with E-state index in [1.807, 2.05) is 24.3 Å². The molecule has 0 N–H and O–H groups in total. The van der Waals surface area contributed by atoms with Gasteiger partial charge in [-0.25, -0.2) is 4.39 Å². The van der Waals surface area contributed by atoms with Crippen molar-refractivity contribution in [1.82, 2.24) is 0 Å². The number of benzene rings is 2. The molecule has 4 rings (SSSR count). The number of unbranched alkanes of at least 4 members (excludes halogenated alkanes) is 1. The molecule has 0 unspecified atom stereocenters. The summed E-state index contributed by atoms with van der Waals surface area (Å²) < 4.78 is 27.8. The zero-order valence-corrected chi connectivity index (χ0v) is 13.9. The summed E-state index contributed by atoms with van der Waals surface area (Å²) in [6, 6.07) is 9.74. The van der Waals surface area contributed by atoms with E-state index in [0.717, 1.165) is 46.9 Å². The van der Waals surface area contributed by atoms with E-state index in [4.69, 9.17) is 9.47 Å². The highest BCUT2D eigenvalue weighted by Gasteiger charge is 2.23. The van der Waals surface area contributed by atoms with Gasteiger partial charge in [-0.1, -0.05) is 13.3 Å². The van der Waals surface area contributed by atoms with Crippen LogP contribution in [0, 0.1) is 5.82 Å². The zero-order chi connectivity index (χ0) is 15.8. The van der Waals surface area contributed by atoms with Crippen LogP contribution >= 0.6 is 11.3 Å². The summed E-state index contributed by atoms with van der Waals surface area (Å²) in [5, 5.41) is 2.02. The lowest BCUT2D eigenvalue weighted by atomic mass is 10.1. The van der Waals surface area contributed by atoms with Gasteiger partial charge in [0.05, 0.1) is 17.4 Å². The highest BCUT2D eigenvalue weighted by Crippen LogP contribution is 2.40. The molecule has 3 aromatic rings. The second-order valence-electron chi connectivity index (χ2n) is 6.03. The molecule has 0 spiro atoms. The molecule has 1 fully saturated rings. The monoisotopic (exact) mass is 330 g/mol. The second-order valence-corrected chi connectivity index (χ2v) is 7.09. The lowest BCUT2D eigenvalue weighted by Gasteiger charge is -2.06. The largest absolute Gasteiger partial charge is 0.490 e. The van der Waals surface area contributed by atoms with Gasteiger partial charge in [0.25, 0.3) is 0 Å². The maximum Gasteiger partial charge on any atom is 0.182 e. The summed E-state index contributed by atoms with van der Waals surface area (Å²) in [5.41, 5.74) is 0. The molecule has 0 saturated heterocycles. The number of hydrogen-bond donors (Lipinski definition) is 0. The molecular formula is C19H19FO2S. The van der Waals surface area contributed by atoms with Crippen LogP contribution < -0.4 is 9.47 Å². The van der Waals surface area contributed by atoms with Gasteiger partial charge in [0, 0.05) is 15.5 Å². The van der Waals surface area contributed by atoms with E-state index in [1.165, 1.54) is 11.3 Å². The fraction of sp³-hybridized carbons (Fsp3) is 0.368. The first-order valence-corrected chi connectivity index (χ1v) is 9.02. The SMILES string of the molecule is CCCCOc1ccc2c(sc3cc(OC4CC4)ccc32)c1F. The molecule has 1 heterocycles. The fourth-order valence-electron chi connectivity index (χ4n) is 2.66. The molecule has 2 aromatic carbocycles. The van der Waals surface area contributed by atoms with Gasteiger partial charge in [0.2, 0.25) is 0 Å². The van der Waals surface area contributed by atoms with Crippen molar-refractivity contribution in [2.24, 2.45) is 0 Å². The Morgan fingerprint density at radius 3 is 2.78 bits per heavy atom. The van der Waals surface area contributed by atoms with Gasteiger partial charge in [0.1, 0.15) is 5.75 Å². The number of thiophene rings is 1. The molecular weight excluding hydrogens is 311 g/mol. The smallest absolute Gasteiger partial charge is 0.182 e. The number of hydrogen-bond acceptors (Lipinski definition) is 3. The summed E-state index contributed by atoms with van der Waals surface area (Å²) >= 11 is 1.47. The van der Waals surface area contributed by atoms with E-state index in [2.05, 4.69) is 6.92 Å². The van der Waals surface area contributed by atoms with Crippen molar-refractivity contribution in [1.29, 1.82) is 0 Å². The van der Waals surface area contributed by atoms with Crippen LogP contribution in [-0.2, 0) is 0 Å². The van der Waals surface area contributed by atoms with Crippen LogP contribution in [0.3, 0.4) is 0 Å². The van der Waals surface area contributed by atoms with Crippen molar-refractivity contribution >= 4 is 31.5 Å². The first-order valence-electron chi connectivity index (χ1n) is 8.20. The molecule has 0 radical (unpaired) electrons. The Morgan fingerprint density at radius 2 is 2.00 bits per heavy atom. The highest BCUT2D eigenvalue weighted by atomic mass is 32.1. The summed E-state index contributed by atoms with van der Waals surface area (Å²) in [5.74, 6) is 0.989. The van der Waals surface area contributed by atoms with Gasteiger partial charge in [-0.15, -0.1) is 11.3 Å². The van der Waals surface area contributed by atoms with Crippen LogP contribution in [0.25, 0.3) is 20.2 Å². The summed E-state index contributed by atoms with van der Waals surface area (Å²) in [4.78, 5) is 0. The molecule has 120 valence electrons. The first-order chi connectivity index (χ1) is 11.3. The van der Waals surface area contributed by atoms with Crippen molar-refractivity contribution < 1.29 is 13.9 Å². The standard InChI is InChI=1S/C19H19FO2S/c1-2-3-10-21-16-9-8-15-14-7-6-13(22-12-4-5-12)11-17(14)23-19(15)18(16)20/h6-9,11-12H,2-5,10H2,1H3. The molecule has 0 amide bonds. The summed E-state index contributed by atoms with van der Waals surface area (Å²) in [7, 11) is 0. The third-order valence-corrected chi connectivity index (χ3v) is 5.26. The van der Waals surface area contributed by atoms with Crippen LogP contribution in [0.5, 0.6) is 11.5 Å². The average molecular weight is 330 g/mol. The molecule has 4 heteroatoms.